The van der Waals surface area contributed by atoms with Gasteiger partial charge < -0.3 is 5.11 Å². The summed E-state index contributed by atoms with van der Waals surface area (Å²) >= 11 is 0. The van der Waals surface area contributed by atoms with Crippen LogP contribution in [0.25, 0.3) is 0 Å². The number of aromatic nitrogens is 1. The third-order valence-electron chi connectivity index (χ3n) is 3.41. The zero-order valence-corrected chi connectivity index (χ0v) is 11.0. The lowest BCUT2D eigenvalue weighted by Gasteiger charge is -2.34. The molecular weight excluding hydrogens is 212 g/mol. The van der Waals surface area contributed by atoms with Crippen molar-refractivity contribution in [2.45, 2.75) is 33.7 Å². The van der Waals surface area contributed by atoms with E-state index in [1.54, 1.807) is 6.07 Å². The van der Waals surface area contributed by atoms with Crippen LogP contribution >= 0.6 is 0 Å². The van der Waals surface area contributed by atoms with Crippen molar-refractivity contribution in [3.05, 3.63) is 23.5 Å². The smallest absolute Gasteiger partial charge is 0.138 e. The third kappa shape index (κ3) is 3.19. The zero-order valence-electron chi connectivity index (χ0n) is 11.0. The Balaban J connectivity index is 2.07. The van der Waals surface area contributed by atoms with E-state index in [-0.39, 0.29) is 0 Å². The van der Waals surface area contributed by atoms with E-state index in [9.17, 15) is 5.11 Å². The first-order valence-electron chi connectivity index (χ1n) is 6.42. The molecule has 2 heterocycles. The average molecular weight is 234 g/mol. The van der Waals surface area contributed by atoms with Gasteiger partial charge in [-0.1, -0.05) is 13.8 Å². The number of likely N-dealkylation sites (tertiary alicyclic amines) is 1. The molecule has 94 valence electrons. The van der Waals surface area contributed by atoms with Gasteiger partial charge >= 0.3 is 0 Å². The molecule has 3 heteroatoms. The molecule has 1 saturated heterocycles. The van der Waals surface area contributed by atoms with Crippen molar-refractivity contribution in [3.8, 4) is 5.75 Å². The first kappa shape index (κ1) is 12.4. The Morgan fingerprint density at radius 1 is 1.29 bits per heavy atom. The molecule has 3 nitrogen and oxygen atoms in total. The fourth-order valence-electron chi connectivity index (χ4n) is 2.85. The van der Waals surface area contributed by atoms with Crippen molar-refractivity contribution in [3.63, 3.8) is 0 Å². The number of rotatable bonds is 2. The molecule has 0 spiro atoms. The molecule has 1 aromatic heterocycles. The lowest BCUT2D eigenvalue weighted by molar-refractivity contribution is 0.132. The monoisotopic (exact) mass is 234 g/mol. The molecule has 0 aromatic carbocycles. The standard InChI is InChI=1S/C14H22N2O/c1-10-6-11(2)8-16(7-10)9-13-14(17)5-4-12(3)15-13/h4-5,10-11,17H,6-9H2,1-3H3. The van der Waals surface area contributed by atoms with Gasteiger partial charge in [-0.25, -0.2) is 0 Å². The normalized spacial score (nSPS) is 26.1. The Hall–Kier alpha value is -1.09. The van der Waals surface area contributed by atoms with E-state index in [0.29, 0.717) is 5.75 Å². The molecule has 17 heavy (non-hydrogen) atoms. The highest BCUT2D eigenvalue weighted by atomic mass is 16.3. The molecule has 0 amide bonds. The SMILES string of the molecule is Cc1ccc(O)c(CN2CC(C)CC(C)C2)n1. The minimum atomic E-state index is 0.321. The summed E-state index contributed by atoms with van der Waals surface area (Å²) in [6.07, 6.45) is 1.31. The van der Waals surface area contributed by atoms with Gasteiger partial charge in [0.15, 0.2) is 0 Å². The van der Waals surface area contributed by atoms with Crippen LogP contribution in [0.2, 0.25) is 0 Å². The summed E-state index contributed by atoms with van der Waals surface area (Å²) in [5.41, 5.74) is 1.78. The van der Waals surface area contributed by atoms with E-state index in [1.165, 1.54) is 6.42 Å². The highest BCUT2D eigenvalue weighted by Crippen LogP contribution is 2.24. The summed E-state index contributed by atoms with van der Waals surface area (Å²) in [6, 6.07) is 3.59. The number of piperidine rings is 1. The van der Waals surface area contributed by atoms with E-state index in [4.69, 9.17) is 0 Å². The van der Waals surface area contributed by atoms with E-state index in [1.807, 2.05) is 13.0 Å². The molecule has 0 bridgehead atoms. The van der Waals surface area contributed by atoms with Crippen LogP contribution in [0, 0.1) is 18.8 Å². The molecule has 0 radical (unpaired) electrons. The van der Waals surface area contributed by atoms with Crippen LogP contribution < -0.4 is 0 Å². The summed E-state index contributed by atoms with van der Waals surface area (Å²) in [5.74, 6) is 1.80. The fraction of sp³-hybridized carbons (Fsp3) is 0.643. The van der Waals surface area contributed by atoms with Crippen molar-refractivity contribution >= 4 is 0 Å². The lowest BCUT2D eigenvalue weighted by Crippen LogP contribution is -2.38. The quantitative estimate of drug-likeness (QED) is 0.854. The predicted octanol–water partition coefficient (Wildman–Crippen LogP) is 2.57. The van der Waals surface area contributed by atoms with Gasteiger partial charge in [0.1, 0.15) is 5.75 Å². The van der Waals surface area contributed by atoms with Gasteiger partial charge in [-0.2, -0.15) is 0 Å². The highest BCUT2D eigenvalue weighted by molar-refractivity contribution is 5.27. The molecule has 2 rings (SSSR count). The Bertz CT molecular complexity index is 382. The van der Waals surface area contributed by atoms with Crippen LogP contribution in [0.3, 0.4) is 0 Å². The number of hydrogen-bond donors (Lipinski definition) is 1. The Kier molecular flexibility index (Phi) is 3.67. The maximum Gasteiger partial charge on any atom is 0.138 e. The first-order chi connectivity index (χ1) is 8.04. The molecule has 1 aliphatic heterocycles. The van der Waals surface area contributed by atoms with Crippen LogP contribution in [0.15, 0.2) is 12.1 Å². The van der Waals surface area contributed by atoms with E-state index in [2.05, 4.69) is 23.7 Å². The van der Waals surface area contributed by atoms with Crippen molar-refractivity contribution in [1.82, 2.24) is 9.88 Å². The van der Waals surface area contributed by atoms with Crippen molar-refractivity contribution in [1.29, 1.82) is 0 Å². The number of aromatic hydroxyl groups is 1. The molecule has 1 aliphatic rings. The number of nitrogens with zero attached hydrogens (tertiary/aromatic N) is 2. The topological polar surface area (TPSA) is 36.4 Å². The second-order valence-electron chi connectivity index (χ2n) is 5.56. The summed E-state index contributed by atoms with van der Waals surface area (Å²) in [4.78, 5) is 6.83. The van der Waals surface area contributed by atoms with E-state index in [0.717, 1.165) is 42.9 Å². The van der Waals surface area contributed by atoms with Crippen LogP contribution in [0.5, 0.6) is 5.75 Å². The molecule has 0 saturated carbocycles. The van der Waals surface area contributed by atoms with Gasteiger partial charge in [0.2, 0.25) is 0 Å². The maximum atomic E-state index is 9.81. The van der Waals surface area contributed by atoms with E-state index >= 15 is 0 Å². The van der Waals surface area contributed by atoms with Crippen molar-refractivity contribution in [2.75, 3.05) is 13.1 Å². The maximum absolute atomic E-state index is 9.81. The molecular formula is C14H22N2O. The third-order valence-corrected chi connectivity index (χ3v) is 3.41. The van der Waals surface area contributed by atoms with Gasteiger partial charge in [0, 0.05) is 25.3 Å². The number of hydrogen-bond acceptors (Lipinski definition) is 3. The van der Waals surface area contributed by atoms with Gasteiger partial charge in [0.05, 0.1) is 5.69 Å². The average Bonchev–Trinajstić information content (AvgIpc) is 2.22. The Morgan fingerprint density at radius 3 is 2.59 bits per heavy atom. The molecule has 0 aliphatic carbocycles. The zero-order chi connectivity index (χ0) is 12.4. The van der Waals surface area contributed by atoms with Crippen LogP contribution in [-0.4, -0.2) is 28.1 Å². The fourth-order valence-corrected chi connectivity index (χ4v) is 2.85. The number of pyridine rings is 1. The highest BCUT2D eigenvalue weighted by Gasteiger charge is 2.22. The first-order valence-corrected chi connectivity index (χ1v) is 6.42. The minimum Gasteiger partial charge on any atom is -0.506 e. The minimum absolute atomic E-state index is 0.321. The molecule has 1 aromatic rings. The van der Waals surface area contributed by atoms with Gasteiger partial charge in [-0.05, 0) is 37.3 Å². The number of aryl methyl sites for hydroxylation is 1. The summed E-state index contributed by atoms with van der Waals surface area (Å²) in [6.45, 7) is 9.55. The van der Waals surface area contributed by atoms with Crippen LogP contribution in [0.1, 0.15) is 31.7 Å². The predicted molar refractivity (Wildman–Crippen MR) is 68.9 cm³/mol. The second kappa shape index (κ2) is 5.05. The Labute approximate surface area is 103 Å². The molecule has 2 unspecified atom stereocenters. The summed E-state index contributed by atoms with van der Waals surface area (Å²) in [7, 11) is 0. The molecule has 1 fully saturated rings. The van der Waals surface area contributed by atoms with Crippen molar-refractivity contribution < 1.29 is 5.11 Å². The summed E-state index contributed by atoms with van der Waals surface area (Å²) < 4.78 is 0. The van der Waals surface area contributed by atoms with Crippen LogP contribution in [0.4, 0.5) is 0 Å². The van der Waals surface area contributed by atoms with Gasteiger partial charge in [-0.3, -0.25) is 9.88 Å². The van der Waals surface area contributed by atoms with E-state index < -0.39 is 0 Å². The summed E-state index contributed by atoms with van der Waals surface area (Å²) in [5, 5.41) is 9.81. The largest absolute Gasteiger partial charge is 0.506 e. The molecule has 2 atom stereocenters. The second-order valence-corrected chi connectivity index (χ2v) is 5.56. The lowest BCUT2D eigenvalue weighted by atomic mass is 9.92. The van der Waals surface area contributed by atoms with Gasteiger partial charge in [-0.15, -0.1) is 0 Å². The van der Waals surface area contributed by atoms with Crippen molar-refractivity contribution in [2.24, 2.45) is 11.8 Å². The van der Waals surface area contributed by atoms with Crippen LogP contribution in [-0.2, 0) is 6.54 Å². The van der Waals surface area contributed by atoms with Gasteiger partial charge in [0.25, 0.3) is 0 Å². The molecule has 1 N–H and O–H groups in total. The Morgan fingerprint density at radius 2 is 1.94 bits per heavy atom.